The number of nitrogens with one attached hydrogen (secondary N) is 1. The third kappa shape index (κ3) is 3.81. The molecule has 1 heterocycles. The van der Waals surface area contributed by atoms with Crippen LogP contribution in [0.1, 0.15) is 31.7 Å². The molecule has 0 atom stereocenters. The molecule has 6 nitrogen and oxygen atoms in total. The van der Waals surface area contributed by atoms with Crippen LogP contribution in [0.3, 0.4) is 0 Å². The molecule has 0 spiro atoms. The fourth-order valence-electron chi connectivity index (χ4n) is 1.82. The maximum Gasteiger partial charge on any atom is 0.239 e. The summed E-state index contributed by atoms with van der Waals surface area (Å²) < 4.78 is 0. The predicted octanol–water partition coefficient (Wildman–Crippen LogP) is 0.892. The molecular weight excluding hydrogens is 242 g/mol. The molecule has 0 radical (unpaired) electrons. The fourth-order valence-corrected chi connectivity index (χ4v) is 1.82. The normalized spacial score (nSPS) is 10.3. The Morgan fingerprint density at radius 3 is 2.58 bits per heavy atom. The van der Waals surface area contributed by atoms with Gasteiger partial charge in [-0.05, 0) is 13.3 Å². The number of anilines is 2. The molecule has 6 heteroatoms. The monoisotopic (exact) mass is 265 g/mol. The van der Waals surface area contributed by atoms with Crippen molar-refractivity contribution in [1.82, 2.24) is 15.3 Å². The van der Waals surface area contributed by atoms with E-state index in [4.69, 9.17) is 5.73 Å². The molecule has 1 aromatic rings. The molecule has 1 aromatic heterocycles. The molecule has 0 aliphatic carbocycles. The number of carbonyl (C=O) groups is 1. The number of amides is 1. The first-order valence-electron chi connectivity index (χ1n) is 6.61. The molecule has 106 valence electrons. The number of nitrogens with zero attached hydrogens (tertiary/aromatic N) is 3. The molecule has 0 aliphatic heterocycles. The summed E-state index contributed by atoms with van der Waals surface area (Å²) in [6.07, 6.45) is 1.65. The molecule has 1 amide bonds. The highest BCUT2D eigenvalue weighted by molar-refractivity contribution is 5.81. The minimum Gasteiger partial charge on any atom is -0.383 e. The number of aryl methyl sites for hydroxylation is 1. The molecule has 0 saturated carbocycles. The average Bonchev–Trinajstić information content (AvgIpc) is 2.41. The van der Waals surface area contributed by atoms with E-state index in [0.29, 0.717) is 11.6 Å². The fraction of sp³-hybridized carbons (Fsp3) is 0.615. The van der Waals surface area contributed by atoms with E-state index in [1.807, 2.05) is 18.7 Å². The van der Waals surface area contributed by atoms with E-state index in [1.165, 1.54) is 0 Å². The van der Waals surface area contributed by atoms with Crippen LogP contribution in [0, 0.1) is 6.92 Å². The molecule has 0 aliphatic rings. The largest absolute Gasteiger partial charge is 0.383 e. The molecule has 1 rings (SSSR count). The van der Waals surface area contributed by atoms with Crippen molar-refractivity contribution in [3.05, 3.63) is 11.4 Å². The molecule has 0 unspecified atom stereocenters. The van der Waals surface area contributed by atoms with Gasteiger partial charge in [-0.3, -0.25) is 4.79 Å². The summed E-state index contributed by atoms with van der Waals surface area (Å²) >= 11 is 0. The second-order valence-electron chi connectivity index (χ2n) is 4.42. The number of nitrogens with two attached hydrogens (primary N) is 1. The van der Waals surface area contributed by atoms with Crippen LogP contribution < -0.4 is 16.0 Å². The second-order valence-corrected chi connectivity index (χ2v) is 4.42. The topological polar surface area (TPSA) is 84.1 Å². The summed E-state index contributed by atoms with van der Waals surface area (Å²) in [4.78, 5) is 22.3. The number of hydrogen-bond acceptors (Lipinski definition) is 5. The van der Waals surface area contributed by atoms with Gasteiger partial charge in [0.1, 0.15) is 17.5 Å². The number of carbonyl (C=O) groups excluding carboxylic acids is 1. The predicted molar refractivity (Wildman–Crippen MR) is 77.1 cm³/mol. The Labute approximate surface area is 114 Å². The van der Waals surface area contributed by atoms with Crippen molar-refractivity contribution in [2.24, 2.45) is 0 Å². The molecule has 0 aromatic carbocycles. The van der Waals surface area contributed by atoms with Crippen LogP contribution in [0.15, 0.2) is 0 Å². The Morgan fingerprint density at radius 2 is 2.05 bits per heavy atom. The van der Waals surface area contributed by atoms with Gasteiger partial charge in [-0.15, -0.1) is 0 Å². The van der Waals surface area contributed by atoms with E-state index in [0.717, 1.165) is 30.8 Å². The van der Waals surface area contributed by atoms with Gasteiger partial charge in [0.15, 0.2) is 0 Å². The zero-order chi connectivity index (χ0) is 14.4. The average molecular weight is 265 g/mol. The smallest absolute Gasteiger partial charge is 0.239 e. The van der Waals surface area contributed by atoms with Crippen molar-refractivity contribution >= 4 is 17.5 Å². The van der Waals surface area contributed by atoms with Crippen LogP contribution in [0.4, 0.5) is 11.6 Å². The van der Waals surface area contributed by atoms with Crippen molar-refractivity contribution in [3.63, 3.8) is 0 Å². The lowest BCUT2D eigenvalue weighted by atomic mass is 10.2. The highest BCUT2D eigenvalue weighted by Crippen LogP contribution is 2.21. The summed E-state index contributed by atoms with van der Waals surface area (Å²) in [5, 5.41) is 2.63. The van der Waals surface area contributed by atoms with Gasteiger partial charge in [0.2, 0.25) is 5.91 Å². The second kappa shape index (κ2) is 6.92. The molecular formula is C13H23N5O. The summed E-state index contributed by atoms with van der Waals surface area (Å²) in [7, 11) is 1.63. The lowest BCUT2D eigenvalue weighted by molar-refractivity contribution is -0.119. The van der Waals surface area contributed by atoms with Crippen molar-refractivity contribution in [1.29, 1.82) is 0 Å². The zero-order valence-corrected chi connectivity index (χ0v) is 12.2. The standard InChI is InChI=1S/C13H23N5O/c1-5-7-18(8-11(19)15-4)13-9(3)12(14)16-10(6-2)17-13/h5-8H2,1-4H3,(H,15,19)(H2,14,16,17). The number of nitrogen functional groups attached to an aromatic ring is 1. The van der Waals surface area contributed by atoms with Crippen LogP contribution in [-0.2, 0) is 11.2 Å². The Hall–Kier alpha value is -1.85. The third-order valence-electron chi connectivity index (χ3n) is 2.93. The summed E-state index contributed by atoms with van der Waals surface area (Å²) in [5.74, 6) is 1.91. The van der Waals surface area contributed by atoms with Crippen LogP contribution in [-0.4, -0.2) is 36.0 Å². The van der Waals surface area contributed by atoms with Crippen molar-refractivity contribution in [3.8, 4) is 0 Å². The molecule has 0 bridgehead atoms. The Bertz CT molecular complexity index is 447. The first-order chi connectivity index (χ1) is 9.03. The lowest BCUT2D eigenvalue weighted by Gasteiger charge is -2.24. The van der Waals surface area contributed by atoms with Crippen LogP contribution in [0.25, 0.3) is 0 Å². The molecule has 3 N–H and O–H groups in total. The Kier molecular flexibility index (Phi) is 5.54. The Balaban J connectivity index is 3.13. The van der Waals surface area contributed by atoms with E-state index in [1.54, 1.807) is 7.05 Å². The molecule has 0 fully saturated rings. The van der Waals surface area contributed by atoms with Crippen LogP contribution in [0.5, 0.6) is 0 Å². The number of likely N-dealkylation sites (N-methyl/N-ethyl adjacent to an activating group) is 1. The highest BCUT2D eigenvalue weighted by atomic mass is 16.1. The minimum atomic E-state index is -0.0388. The first kappa shape index (κ1) is 15.2. The van der Waals surface area contributed by atoms with Gasteiger partial charge < -0.3 is 16.0 Å². The first-order valence-corrected chi connectivity index (χ1v) is 6.61. The maximum atomic E-state index is 11.6. The third-order valence-corrected chi connectivity index (χ3v) is 2.93. The highest BCUT2D eigenvalue weighted by Gasteiger charge is 2.16. The minimum absolute atomic E-state index is 0.0388. The van der Waals surface area contributed by atoms with E-state index >= 15 is 0 Å². The summed E-state index contributed by atoms with van der Waals surface area (Å²) in [5.41, 5.74) is 6.74. The van der Waals surface area contributed by atoms with Gasteiger partial charge >= 0.3 is 0 Å². The van der Waals surface area contributed by atoms with Crippen LogP contribution >= 0.6 is 0 Å². The van der Waals surface area contributed by atoms with Gasteiger partial charge in [-0.1, -0.05) is 13.8 Å². The number of hydrogen-bond donors (Lipinski definition) is 2. The zero-order valence-electron chi connectivity index (χ0n) is 12.2. The van der Waals surface area contributed by atoms with Crippen molar-refractivity contribution in [2.45, 2.75) is 33.6 Å². The van der Waals surface area contributed by atoms with Gasteiger partial charge in [0.05, 0.1) is 6.54 Å². The van der Waals surface area contributed by atoms with Gasteiger partial charge in [0, 0.05) is 25.6 Å². The van der Waals surface area contributed by atoms with E-state index in [9.17, 15) is 4.79 Å². The number of aromatic nitrogens is 2. The van der Waals surface area contributed by atoms with Gasteiger partial charge in [-0.2, -0.15) is 0 Å². The van der Waals surface area contributed by atoms with Crippen LogP contribution in [0.2, 0.25) is 0 Å². The van der Waals surface area contributed by atoms with E-state index < -0.39 is 0 Å². The van der Waals surface area contributed by atoms with Gasteiger partial charge in [0.25, 0.3) is 0 Å². The van der Waals surface area contributed by atoms with Gasteiger partial charge in [-0.25, -0.2) is 9.97 Å². The molecule has 19 heavy (non-hydrogen) atoms. The summed E-state index contributed by atoms with van der Waals surface area (Å²) in [6, 6.07) is 0. The van der Waals surface area contributed by atoms with E-state index in [-0.39, 0.29) is 12.5 Å². The van der Waals surface area contributed by atoms with E-state index in [2.05, 4.69) is 22.2 Å². The maximum absolute atomic E-state index is 11.6. The van der Waals surface area contributed by atoms with Crippen molar-refractivity contribution < 1.29 is 4.79 Å². The van der Waals surface area contributed by atoms with Crippen molar-refractivity contribution in [2.75, 3.05) is 30.8 Å². The molecule has 0 saturated heterocycles. The SMILES string of the molecule is CCCN(CC(=O)NC)c1nc(CC)nc(N)c1C. The number of rotatable bonds is 6. The lowest BCUT2D eigenvalue weighted by Crippen LogP contribution is -2.37. The quantitative estimate of drug-likeness (QED) is 0.798. The summed E-state index contributed by atoms with van der Waals surface area (Å²) in [6.45, 7) is 6.98. The Morgan fingerprint density at radius 1 is 1.37 bits per heavy atom.